The molecule has 0 aliphatic carbocycles. The molecule has 0 radical (unpaired) electrons. The van der Waals surface area contributed by atoms with Crippen molar-refractivity contribution in [3.8, 4) is 5.75 Å². The summed E-state index contributed by atoms with van der Waals surface area (Å²) in [4.78, 5) is 4.53. The lowest BCUT2D eigenvalue weighted by Crippen LogP contribution is -2.67. The summed E-state index contributed by atoms with van der Waals surface area (Å²) in [5.41, 5.74) is 4.48. The molecule has 166 valence electrons. The largest absolute Gasteiger partial charge is 0.497 e. The number of quaternary nitrogens is 1. The Balaban J connectivity index is 1.55. The van der Waals surface area contributed by atoms with Crippen LogP contribution in [0.2, 0.25) is 0 Å². The molecule has 1 N–H and O–H groups in total. The zero-order valence-electron chi connectivity index (χ0n) is 19.1. The predicted octanol–water partition coefficient (Wildman–Crippen LogP) is 5.20. The molecule has 1 unspecified atom stereocenters. The molecule has 3 aliphatic heterocycles. The molecule has 3 saturated heterocycles. The second kappa shape index (κ2) is 8.34. The van der Waals surface area contributed by atoms with Gasteiger partial charge in [0.2, 0.25) is 0 Å². The molecule has 0 amide bonds. The molecule has 4 heterocycles. The van der Waals surface area contributed by atoms with Gasteiger partial charge in [0.05, 0.1) is 25.7 Å². The van der Waals surface area contributed by atoms with Crippen LogP contribution < -0.4 is 4.74 Å². The van der Waals surface area contributed by atoms with Crippen molar-refractivity contribution in [3.05, 3.63) is 84.1 Å². The van der Waals surface area contributed by atoms with Gasteiger partial charge in [-0.1, -0.05) is 35.9 Å². The third kappa shape index (κ3) is 3.62. The van der Waals surface area contributed by atoms with Crippen LogP contribution in [0.5, 0.6) is 5.75 Å². The number of aromatic nitrogens is 1. The first kappa shape index (κ1) is 21.2. The fraction of sp³-hybridized carbons (Fsp3) is 0.393. The van der Waals surface area contributed by atoms with E-state index in [2.05, 4.69) is 48.8 Å². The lowest BCUT2D eigenvalue weighted by molar-refractivity contribution is -0.984. The van der Waals surface area contributed by atoms with Crippen LogP contribution in [0.25, 0.3) is 10.9 Å². The number of rotatable bonds is 6. The summed E-state index contributed by atoms with van der Waals surface area (Å²) in [5, 5.41) is 12.8. The van der Waals surface area contributed by atoms with E-state index in [9.17, 15) is 5.11 Å². The molecule has 0 saturated carbocycles. The van der Waals surface area contributed by atoms with Gasteiger partial charge in [0.15, 0.2) is 0 Å². The van der Waals surface area contributed by atoms with E-state index < -0.39 is 6.10 Å². The summed E-state index contributed by atoms with van der Waals surface area (Å²) in [5.74, 6) is 1.92. The number of piperidine rings is 3. The highest BCUT2D eigenvalue weighted by molar-refractivity contribution is 5.83. The van der Waals surface area contributed by atoms with Crippen molar-refractivity contribution >= 4 is 10.9 Å². The zero-order chi connectivity index (χ0) is 22.3. The highest BCUT2D eigenvalue weighted by atomic mass is 16.5. The predicted molar refractivity (Wildman–Crippen MR) is 128 cm³/mol. The van der Waals surface area contributed by atoms with Crippen LogP contribution in [0.4, 0.5) is 0 Å². The summed E-state index contributed by atoms with van der Waals surface area (Å²) < 4.78 is 6.39. The molecule has 3 aromatic rings. The van der Waals surface area contributed by atoms with E-state index in [0.717, 1.165) is 52.8 Å². The molecule has 1 aromatic heterocycles. The Morgan fingerprint density at radius 1 is 1.22 bits per heavy atom. The van der Waals surface area contributed by atoms with Gasteiger partial charge in [-0.2, -0.15) is 0 Å². The number of hydrogen-bond donors (Lipinski definition) is 1. The average Bonchev–Trinajstić information content (AvgIpc) is 2.84. The number of benzene rings is 2. The molecule has 4 heteroatoms. The molecule has 2 aromatic carbocycles. The Kier molecular flexibility index (Phi) is 5.52. The fourth-order valence-electron chi connectivity index (χ4n) is 6.18. The Labute approximate surface area is 190 Å². The van der Waals surface area contributed by atoms with Gasteiger partial charge in [0.25, 0.3) is 0 Å². The summed E-state index contributed by atoms with van der Waals surface area (Å²) in [7, 11) is 1.68. The van der Waals surface area contributed by atoms with Gasteiger partial charge in [0, 0.05) is 35.9 Å². The number of aryl methyl sites for hydroxylation is 1. The Hall–Kier alpha value is -2.69. The van der Waals surface area contributed by atoms with Gasteiger partial charge >= 0.3 is 0 Å². The third-order valence-electron chi connectivity index (χ3n) is 7.96. The number of hydrogen-bond acceptors (Lipinski definition) is 3. The van der Waals surface area contributed by atoms with E-state index in [1.165, 1.54) is 17.5 Å². The quantitative estimate of drug-likeness (QED) is 0.433. The normalized spacial score (nSPS) is 27.9. The van der Waals surface area contributed by atoms with E-state index >= 15 is 0 Å². The molecule has 3 aliphatic rings. The van der Waals surface area contributed by atoms with Gasteiger partial charge in [-0.15, -0.1) is 6.58 Å². The molecular formula is C28H33N2O2+. The number of pyridine rings is 1. The summed E-state index contributed by atoms with van der Waals surface area (Å²) in [6, 6.07) is 17.0. The highest BCUT2D eigenvalue weighted by Crippen LogP contribution is 2.48. The number of aliphatic hydroxyl groups is 1. The van der Waals surface area contributed by atoms with Crippen molar-refractivity contribution in [2.24, 2.45) is 11.8 Å². The zero-order valence-corrected chi connectivity index (χ0v) is 19.1. The van der Waals surface area contributed by atoms with Crippen LogP contribution in [-0.4, -0.2) is 40.8 Å². The lowest BCUT2D eigenvalue weighted by Gasteiger charge is -2.58. The topological polar surface area (TPSA) is 42.4 Å². The summed E-state index contributed by atoms with van der Waals surface area (Å²) in [6.07, 6.45) is 5.66. The highest BCUT2D eigenvalue weighted by Gasteiger charge is 2.53. The van der Waals surface area contributed by atoms with Gasteiger partial charge in [-0.3, -0.25) is 4.98 Å². The van der Waals surface area contributed by atoms with Crippen LogP contribution >= 0.6 is 0 Å². The van der Waals surface area contributed by atoms with E-state index in [4.69, 9.17) is 4.74 Å². The fourth-order valence-corrected chi connectivity index (χ4v) is 6.18. The Bertz CT molecular complexity index is 1130. The average molecular weight is 430 g/mol. The molecule has 5 atom stereocenters. The van der Waals surface area contributed by atoms with Crippen molar-refractivity contribution < 1.29 is 14.3 Å². The van der Waals surface area contributed by atoms with Gasteiger partial charge in [0.1, 0.15) is 24.4 Å². The number of fused-ring (bicyclic) bond motifs is 4. The number of ether oxygens (including phenoxy) is 1. The number of methoxy groups -OCH3 is 1. The smallest absolute Gasteiger partial charge is 0.131 e. The lowest BCUT2D eigenvalue weighted by atomic mass is 9.71. The van der Waals surface area contributed by atoms with E-state index in [1.807, 2.05) is 30.5 Å². The van der Waals surface area contributed by atoms with Gasteiger partial charge in [-0.05, 0) is 42.7 Å². The number of aliphatic hydroxyl groups excluding tert-OH is 1. The molecule has 6 rings (SSSR count). The maximum Gasteiger partial charge on any atom is 0.131 e. The molecule has 4 nitrogen and oxygen atoms in total. The van der Waals surface area contributed by atoms with Crippen molar-refractivity contribution in [2.75, 3.05) is 20.2 Å². The van der Waals surface area contributed by atoms with Crippen LogP contribution in [0.3, 0.4) is 0 Å². The summed E-state index contributed by atoms with van der Waals surface area (Å²) >= 11 is 0. The first-order valence-corrected chi connectivity index (χ1v) is 11.7. The second-order valence-corrected chi connectivity index (χ2v) is 9.75. The molecule has 0 spiro atoms. The van der Waals surface area contributed by atoms with Gasteiger partial charge in [-0.25, -0.2) is 0 Å². The third-order valence-corrected chi connectivity index (χ3v) is 7.96. The Morgan fingerprint density at radius 2 is 2.03 bits per heavy atom. The first-order chi connectivity index (χ1) is 15.5. The minimum Gasteiger partial charge on any atom is -0.497 e. The van der Waals surface area contributed by atoms with E-state index in [0.29, 0.717) is 11.8 Å². The van der Waals surface area contributed by atoms with Crippen molar-refractivity contribution in [3.63, 3.8) is 0 Å². The van der Waals surface area contributed by atoms with Gasteiger partial charge < -0.3 is 14.3 Å². The van der Waals surface area contributed by atoms with Crippen molar-refractivity contribution in [1.29, 1.82) is 0 Å². The molecule has 2 bridgehead atoms. The minimum absolute atomic E-state index is 0.156. The van der Waals surface area contributed by atoms with E-state index in [1.54, 1.807) is 7.11 Å². The summed E-state index contributed by atoms with van der Waals surface area (Å²) in [6.45, 7) is 9.39. The molecular weight excluding hydrogens is 396 g/mol. The van der Waals surface area contributed by atoms with Crippen LogP contribution in [-0.2, 0) is 6.54 Å². The SMILES string of the molecule is C=C[C@H]1C[N+]2(Cc3ccc(C)cc3)CC[C@H]1C[C@@H]2[C@@H](O)c1ccnc2ccc(OC)cc12. The van der Waals surface area contributed by atoms with E-state index in [-0.39, 0.29) is 6.04 Å². The molecule has 32 heavy (non-hydrogen) atoms. The first-order valence-electron chi connectivity index (χ1n) is 11.7. The maximum atomic E-state index is 11.9. The molecule has 3 fully saturated rings. The van der Waals surface area contributed by atoms with Crippen molar-refractivity contribution in [1.82, 2.24) is 4.98 Å². The minimum atomic E-state index is -0.549. The van der Waals surface area contributed by atoms with Crippen LogP contribution in [0.1, 0.15) is 35.6 Å². The van der Waals surface area contributed by atoms with Crippen LogP contribution in [0, 0.1) is 18.8 Å². The Morgan fingerprint density at radius 3 is 2.78 bits per heavy atom. The van der Waals surface area contributed by atoms with Crippen LogP contribution in [0.15, 0.2) is 67.4 Å². The number of nitrogens with zero attached hydrogens (tertiary/aromatic N) is 2. The standard InChI is InChI=1S/C28H33N2O2/c1-4-21-18-30(17-20-7-5-19(2)6-8-20)14-12-22(21)15-27(30)28(31)24-11-13-29-26-10-9-23(32-3)16-25(24)26/h4-11,13,16,21-22,27-28,31H,1,12,14-15,17-18H2,2-3H3/q+1/t21-,22-,27+,28-,30?/m0/s1. The second-order valence-electron chi connectivity index (χ2n) is 9.75. The maximum absolute atomic E-state index is 11.9. The monoisotopic (exact) mass is 429 g/mol. The van der Waals surface area contributed by atoms with Crippen molar-refractivity contribution in [2.45, 2.75) is 38.5 Å².